The van der Waals surface area contributed by atoms with Gasteiger partial charge in [-0.05, 0) is 77.1 Å². The van der Waals surface area contributed by atoms with E-state index in [-0.39, 0.29) is 16.7 Å². The number of halogens is 9. The summed E-state index contributed by atoms with van der Waals surface area (Å²) < 4.78 is 134. The molecule has 248 valence electrons. The SMILES string of the molecule is CCCCCc1ccc(-c2ccc(-c3ccc(C(F)(F)Oc4cc(F)c(C=Cc5cc(F)c(F)c(F)c5)c(F)c4)c(F)c3)c(F)c2)cc1. The molecule has 0 radical (unpaired) electrons. The van der Waals surface area contributed by atoms with Crippen molar-refractivity contribution in [3.63, 3.8) is 0 Å². The van der Waals surface area contributed by atoms with Crippen molar-refractivity contribution in [2.24, 2.45) is 0 Å². The maximum Gasteiger partial charge on any atom is 0.429 e. The molecular formula is C38H27F9O. The van der Waals surface area contributed by atoms with Crippen LogP contribution >= 0.6 is 0 Å². The van der Waals surface area contributed by atoms with Gasteiger partial charge < -0.3 is 4.74 Å². The van der Waals surface area contributed by atoms with E-state index in [0.29, 0.717) is 42.0 Å². The lowest BCUT2D eigenvalue weighted by molar-refractivity contribution is -0.187. The van der Waals surface area contributed by atoms with Crippen molar-refractivity contribution in [3.8, 4) is 28.0 Å². The highest BCUT2D eigenvalue weighted by molar-refractivity contribution is 5.72. The van der Waals surface area contributed by atoms with Crippen molar-refractivity contribution in [3.05, 3.63) is 148 Å². The number of aryl methyl sites for hydroxylation is 1. The summed E-state index contributed by atoms with van der Waals surface area (Å²) in [4.78, 5) is 0. The Morgan fingerprint density at radius 1 is 0.583 bits per heavy atom. The fourth-order valence-electron chi connectivity index (χ4n) is 5.12. The molecule has 0 bridgehead atoms. The normalized spacial score (nSPS) is 11.8. The molecule has 10 heteroatoms. The summed E-state index contributed by atoms with van der Waals surface area (Å²) in [5.41, 5.74) is 0.128. The van der Waals surface area contributed by atoms with E-state index in [4.69, 9.17) is 0 Å². The number of hydrogen-bond acceptors (Lipinski definition) is 1. The summed E-state index contributed by atoms with van der Waals surface area (Å²) in [5, 5.41) is 0. The molecular weight excluding hydrogens is 643 g/mol. The quantitative estimate of drug-likeness (QED) is 0.0588. The van der Waals surface area contributed by atoms with Gasteiger partial charge in [0.05, 0.1) is 5.56 Å². The highest BCUT2D eigenvalue weighted by Gasteiger charge is 2.38. The van der Waals surface area contributed by atoms with Crippen molar-refractivity contribution >= 4 is 12.2 Å². The minimum atomic E-state index is -4.41. The lowest BCUT2D eigenvalue weighted by atomic mass is 9.97. The Morgan fingerprint density at radius 2 is 1.19 bits per heavy atom. The fraction of sp³-hybridized carbons (Fsp3) is 0.158. The molecule has 5 aromatic carbocycles. The maximum absolute atomic E-state index is 15.2. The Balaban J connectivity index is 1.31. The minimum Gasteiger partial charge on any atom is -0.429 e. The van der Waals surface area contributed by atoms with Gasteiger partial charge in [0, 0.05) is 23.3 Å². The van der Waals surface area contributed by atoms with Gasteiger partial charge in [0.1, 0.15) is 29.0 Å². The lowest BCUT2D eigenvalue weighted by Gasteiger charge is -2.20. The maximum atomic E-state index is 15.2. The number of benzene rings is 5. The van der Waals surface area contributed by atoms with E-state index in [2.05, 4.69) is 11.7 Å². The molecule has 0 unspecified atom stereocenters. The Morgan fingerprint density at radius 3 is 1.79 bits per heavy atom. The van der Waals surface area contributed by atoms with Crippen molar-refractivity contribution in [2.45, 2.75) is 38.7 Å². The summed E-state index contributed by atoms with van der Waals surface area (Å²) in [6.07, 6.45) is 1.49. The van der Waals surface area contributed by atoms with E-state index in [1.807, 2.05) is 24.3 Å². The zero-order chi connectivity index (χ0) is 34.6. The summed E-state index contributed by atoms with van der Waals surface area (Å²) in [7, 11) is 0. The first-order chi connectivity index (χ1) is 22.9. The van der Waals surface area contributed by atoms with Gasteiger partial charge in [-0.25, -0.2) is 30.7 Å². The first-order valence-electron chi connectivity index (χ1n) is 14.9. The Bertz CT molecular complexity index is 1920. The molecule has 0 heterocycles. The zero-order valence-electron chi connectivity index (χ0n) is 25.4. The number of ether oxygens (including phenoxy) is 1. The standard InChI is InChI=1S/C38H27F9O/c1-2-3-4-5-22-6-9-24(10-7-22)25-11-14-28(31(39)18-25)26-12-15-30(34(42)19-26)38(46,47)48-27-20-32(40)29(33(41)21-27)13-8-23-16-35(43)37(45)36(44)17-23/h6-21H,2-5H2,1H3. The molecule has 0 aliphatic carbocycles. The summed E-state index contributed by atoms with van der Waals surface area (Å²) in [6.45, 7) is 2.13. The van der Waals surface area contributed by atoms with E-state index >= 15 is 17.6 Å². The highest BCUT2D eigenvalue weighted by Crippen LogP contribution is 2.37. The second-order valence-corrected chi connectivity index (χ2v) is 11.1. The molecule has 1 nitrogen and oxygen atoms in total. The van der Waals surface area contributed by atoms with E-state index in [1.54, 1.807) is 6.07 Å². The van der Waals surface area contributed by atoms with Crippen LogP contribution in [0.15, 0.2) is 84.9 Å². The molecule has 0 fully saturated rings. The summed E-state index contributed by atoms with van der Waals surface area (Å²) in [5.74, 6) is -10.7. The van der Waals surface area contributed by atoms with Crippen LogP contribution in [0.1, 0.15) is 48.4 Å². The molecule has 48 heavy (non-hydrogen) atoms. The van der Waals surface area contributed by atoms with Gasteiger partial charge in [-0.15, -0.1) is 0 Å². The first-order valence-corrected chi connectivity index (χ1v) is 14.9. The van der Waals surface area contributed by atoms with Crippen molar-refractivity contribution < 1.29 is 44.3 Å². The van der Waals surface area contributed by atoms with Crippen LogP contribution in [0.25, 0.3) is 34.4 Å². The predicted molar refractivity (Wildman–Crippen MR) is 167 cm³/mol. The Hall–Kier alpha value is -4.99. The van der Waals surface area contributed by atoms with Crippen molar-refractivity contribution in [1.82, 2.24) is 0 Å². The fourth-order valence-corrected chi connectivity index (χ4v) is 5.12. The topological polar surface area (TPSA) is 9.23 Å². The smallest absolute Gasteiger partial charge is 0.429 e. The second-order valence-electron chi connectivity index (χ2n) is 11.1. The molecule has 0 aliphatic heterocycles. The van der Waals surface area contributed by atoms with Gasteiger partial charge in [-0.3, -0.25) is 0 Å². The molecule has 0 saturated heterocycles. The average molecular weight is 671 g/mol. The largest absolute Gasteiger partial charge is 0.429 e. The third kappa shape index (κ3) is 7.75. The monoisotopic (exact) mass is 670 g/mol. The van der Waals surface area contributed by atoms with Crippen LogP contribution in [0.2, 0.25) is 0 Å². The average Bonchev–Trinajstić information content (AvgIpc) is 3.03. The molecule has 0 atom stereocenters. The number of alkyl halides is 2. The number of rotatable bonds is 11. The van der Waals surface area contributed by atoms with Gasteiger partial charge in [0.2, 0.25) is 0 Å². The van der Waals surface area contributed by atoms with Gasteiger partial charge in [0.15, 0.2) is 17.5 Å². The van der Waals surface area contributed by atoms with Gasteiger partial charge in [-0.1, -0.05) is 68.3 Å². The second kappa shape index (κ2) is 14.4. The van der Waals surface area contributed by atoms with E-state index < -0.39 is 63.7 Å². The third-order valence-electron chi connectivity index (χ3n) is 7.67. The van der Waals surface area contributed by atoms with Crippen LogP contribution in [0.5, 0.6) is 5.75 Å². The molecule has 0 N–H and O–H groups in total. The summed E-state index contributed by atoms with van der Waals surface area (Å²) >= 11 is 0. The van der Waals surface area contributed by atoms with E-state index in [0.717, 1.165) is 49.5 Å². The molecule has 0 aromatic heterocycles. The zero-order valence-corrected chi connectivity index (χ0v) is 25.4. The highest BCUT2D eigenvalue weighted by atomic mass is 19.3. The molecule has 5 aromatic rings. The third-order valence-corrected chi connectivity index (χ3v) is 7.67. The van der Waals surface area contributed by atoms with Crippen LogP contribution < -0.4 is 4.74 Å². The van der Waals surface area contributed by atoms with Gasteiger partial charge in [0.25, 0.3) is 0 Å². The summed E-state index contributed by atoms with van der Waals surface area (Å²) in [6, 6.07) is 16.5. The van der Waals surface area contributed by atoms with Crippen LogP contribution in [0, 0.1) is 40.7 Å². The molecule has 0 amide bonds. The van der Waals surface area contributed by atoms with Crippen LogP contribution in [0.4, 0.5) is 39.5 Å². The Kier molecular flexibility index (Phi) is 10.3. The first kappa shape index (κ1) is 34.3. The van der Waals surface area contributed by atoms with Crippen LogP contribution in [-0.4, -0.2) is 0 Å². The lowest BCUT2D eigenvalue weighted by Crippen LogP contribution is -2.23. The Labute approximate surface area is 270 Å². The number of hydrogen-bond donors (Lipinski definition) is 0. The van der Waals surface area contributed by atoms with Gasteiger partial charge >= 0.3 is 6.11 Å². The van der Waals surface area contributed by atoms with Crippen LogP contribution in [-0.2, 0) is 12.5 Å². The number of unbranched alkanes of at least 4 members (excludes halogenated alkanes) is 2. The molecule has 5 rings (SSSR count). The van der Waals surface area contributed by atoms with Gasteiger partial charge in [-0.2, -0.15) is 8.78 Å². The van der Waals surface area contributed by atoms with Crippen molar-refractivity contribution in [2.75, 3.05) is 0 Å². The predicted octanol–water partition coefficient (Wildman–Crippen LogP) is 12.0. The minimum absolute atomic E-state index is 0.0310. The van der Waals surface area contributed by atoms with Crippen molar-refractivity contribution in [1.29, 1.82) is 0 Å². The van der Waals surface area contributed by atoms with E-state index in [9.17, 15) is 22.0 Å². The molecule has 0 saturated carbocycles. The van der Waals surface area contributed by atoms with E-state index in [1.165, 1.54) is 17.7 Å². The van der Waals surface area contributed by atoms with Crippen LogP contribution in [0.3, 0.4) is 0 Å². The molecule has 0 aliphatic rings. The molecule has 0 spiro atoms.